The number of hydrogen-bond donors (Lipinski definition) is 1. The van der Waals surface area contributed by atoms with Crippen LogP contribution >= 0.6 is 0 Å². The van der Waals surface area contributed by atoms with Crippen molar-refractivity contribution in [2.24, 2.45) is 5.73 Å². The van der Waals surface area contributed by atoms with Crippen molar-refractivity contribution < 1.29 is 4.74 Å². The molecule has 0 rings (SSSR count). The molecule has 0 saturated heterocycles. The molecule has 2 nitrogen and oxygen atoms in total. The Morgan fingerprint density at radius 3 is 1.91 bits per heavy atom. The summed E-state index contributed by atoms with van der Waals surface area (Å²) in [4.78, 5) is 0. The third-order valence-electron chi connectivity index (χ3n) is 1.69. The minimum Gasteiger partial charge on any atom is -0.374 e. The lowest BCUT2D eigenvalue weighted by atomic mass is 10.1. The predicted molar refractivity (Wildman–Crippen MR) is 48.6 cm³/mol. The van der Waals surface area contributed by atoms with Gasteiger partial charge >= 0.3 is 0 Å². The van der Waals surface area contributed by atoms with Crippen LogP contribution in [0.15, 0.2) is 0 Å². The summed E-state index contributed by atoms with van der Waals surface area (Å²) in [7, 11) is 0. The van der Waals surface area contributed by atoms with E-state index in [0.717, 1.165) is 6.42 Å². The van der Waals surface area contributed by atoms with Crippen molar-refractivity contribution in [3.05, 3.63) is 0 Å². The van der Waals surface area contributed by atoms with Gasteiger partial charge < -0.3 is 10.5 Å². The van der Waals surface area contributed by atoms with E-state index >= 15 is 0 Å². The smallest absolute Gasteiger partial charge is 0.0648 e. The Hall–Kier alpha value is -0.0800. The molecule has 0 aliphatic rings. The van der Waals surface area contributed by atoms with Gasteiger partial charge in [0.25, 0.3) is 0 Å². The summed E-state index contributed by atoms with van der Waals surface area (Å²) >= 11 is 0. The monoisotopic (exact) mass is 159 g/mol. The highest BCUT2D eigenvalue weighted by atomic mass is 16.5. The number of rotatable bonds is 4. The van der Waals surface area contributed by atoms with Gasteiger partial charge in [0, 0.05) is 5.54 Å². The molecule has 0 atom stereocenters. The molecular weight excluding hydrogens is 138 g/mol. The van der Waals surface area contributed by atoms with Gasteiger partial charge in [0.1, 0.15) is 0 Å². The van der Waals surface area contributed by atoms with Crippen LogP contribution < -0.4 is 5.73 Å². The molecule has 68 valence electrons. The van der Waals surface area contributed by atoms with Crippen molar-refractivity contribution in [1.29, 1.82) is 0 Å². The van der Waals surface area contributed by atoms with E-state index in [4.69, 9.17) is 10.5 Å². The maximum Gasteiger partial charge on any atom is 0.0648 e. The number of nitrogens with two attached hydrogens (primary N) is 1. The molecule has 0 aromatic heterocycles. The van der Waals surface area contributed by atoms with Crippen LogP contribution in [0.5, 0.6) is 0 Å². The van der Waals surface area contributed by atoms with E-state index in [9.17, 15) is 0 Å². The van der Waals surface area contributed by atoms with Gasteiger partial charge in [0.15, 0.2) is 0 Å². The first-order valence-corrected chi connectivity index (χ1v) is 4.20. The van der Waals surface area contributed by atoms with Crippen LogP contribution in [0.4, 0.5) is 0 Å². The normalized spacial score (nSPS) is 13.6. The Morgan fingerprint density at radius 2 is 1.64 bits per heavy atom. The summed E-state index contributed by atoms with van der Waals surface area (Å²) in [5, 5.41) is 0. The Morgan fingerprint density at radius 1 is 1.18 bits per heavy atom. The molecule has 2 N–H and O–H groups in total. The molecule has 0 heterocycles. The zero-order chi connectivity index (χ0) is 9.12. The second-order valence-corrected chi connectivity index (χ2v) is 4.39. The summed E-state index contributed by atoms with van der Waals surface area (Å²) in [6.45, 7) is 10.8. The van der Waals surface area contributed by atoms with E-state index in [0.29, 0.717) is 6.61 Å². The number of ether oxygens (including phenoxy) is 1. The Kier molecular flexibility index (Phi) is 3.52. The molecule has 0 fully saturated rings. The highest BCUT2D eigenvalue weighted by molar-refractivity contribution is 4.74. The summed E-state index contributed by atoms with van der Waals surface area (Å²) in [6.07, 6.45) is 1.02. The van der Waals surface area contributed by atoms with Gasteiger partial charge in [-0.25, -0.2) is 0 Å². The zero-order valence-electron chi connectivity index (χ0n) is 8.40. The molecule has 0 bridgehead atoms. The minimum atomic E-state index is -0.216. The Labute approximate surface area is 70.1 Å². The van der Waals surface area contributed by atoms with Gasteiger partial charge in [-0.1, -0.05) is 6.92 Å². The van der Waals surface area contributed by atoms with Gasteiger partial charge in [0.2, 0.25) is 0 Å². The highest BCUT2D eigenvalue weighted by Crippen LogP contribution is 2.15. The molecule has 0 radical (unpaired) electrons. The molecule has 0 saturated carbocycles. The van der Waals surface area contributed by atoms with E-state index < -0.39 is 0 Å². The van der Waals surface area contributed by atoms with Crippen molar-refractivity contribution in [2.75, 3.05) is 6.61 Å². The fraction of sp³-hybridized carbons (Fsp3) is 1.00. The molecule has 0 aromatic carbocycles. The van der Waals surface area contributed by atoms with Crippen molar-refractivity contribution in [2.45, 2.75) is 52.2 Å². The topological polar surface area (TPSA) is 35.2 Å². The first-order chi connectivity index (χ1) is 4.77. The maximum absolute atomic E-state index is 5.77. The maximum atomic E-state index is 5.77. The van der Waals surface area contributed by atoms with Crippen LogP contribution in [-0.2, 0) is 4.74 Å². The third-order valence-corrected chi connectivity index (χ3v) is 1.69. The molecule has 0 unspecified atom stereocenters. The molecule has 0 aliphatic carbocycles. The molecule has 0 spiro atoms. The summed E-state index contributed by atoms with van der Waals surface area (Å²) in [5.41, 5.74) is 5.53. The highest BCUT2D eigenvalue weighted by Gasteiger charge is 2.19. The SMILES string of the molecule is CCC(C)(C)OCC(C)(C)N. The van der Waals surface area contributed by atoms with Crippen molar-refractivity contribution >= 4 is 0 Å². The van der Waals surface area contributed by atoms with Crippen LogP contribution in [0.3, 0.4) is 0 Å². The van der Waals surface area contributed by atoms with Crippen LogP contribution in [0.25, 0.3) is 0 Å². The second kappa shape index (κ2) is 3.55. The molecule has 0 amide bonds. The van der Waals surface area contributed by atoms with Gasteiger partial charge in [-0.15, -0.1) is 0 Å². The Balaban J connectivity index is 3.70. The van der Waals surface area contributed by atoms with Gasteiger partial charge in [-0.05, 0) is 34.1 Å². The lowest BCUT2D eigenvalue weighted by molar-refractivity contribution is -0.0383. The summed E-state index contributed by atoms with van der Waals surface area (Å²) in [6, 6.07) is 0. The summed E-state index contributed by atoms with van der Waals surface area (Å²) in [5.74, 6) is 0. The Bertz CT molecular complexity index is 113. The minimum absolute atomic E-state index is 0.0311. The molecular formula is C9H21NO. The molecule has 2 heteroatoms. The first-order valence-electron chi connectivity index (χ1n) is 4.20. The summed E-state index contributed by atoms with van der Waals surface area (Å²) < 4.78 is 5.62. The zero-order valence-corrected chi connectivity index (χ0v) is 8.40. The van der Waals surface area contributed by atoms with E-state index in [2.05, 4.69) is 20.8 Å². The lowest BCUT2D eigenvalue weighted by Crippen LogP contribution is -2.41. The quantitative estimate of drug-likeness (QED) is 0.680. The van der Waals surface area contributed by atoms with E-state index in [1.165, 1.54) is 0 Å². The molecule has 0 aromatic rings. The van der Waals surface area contributed by atoms with Gasteiger partial charge in [0.05, 0.1) is 12.2 Å². The lowest BCUT2D eigenvalue weighted by Gasteiger charge is -2.28. The van der Waals surface area contributed by atoms with Crippen molar-refractivity contribution in [3.8, 4) is 0 Å². The van der Waals surface area contributed by atoms with Crippen molar-refractivity contribution in [3.63, 3.8) is 0 Å². The first kappa shape index (κ1) is 10.9. The fourth-order valence-electron chi connectivity index (χ4n) is 0.483. The van der Waals surface area contributed by atoms with Gasteiger partial charge in [-0.3, -0.25) is 0 Å². The number of hydrogen-bond acceptors (Lipinski definition) is 2. The average molecular weight is 159 g/mol. The average Bonchev–Trinajstić information content (AvgIpc) is 1.83. The molecule has 0 aliphatic heterocycles. The van der Waals surface area contributed by atoms with E-state index in [-0.39, 0.29) is 11.1 Å². The van der Waals surface area contributed by atoms with E-state index in [1.54, 1.807) is 0 Å². The van der Waals surface area contributed by atoms with Crippen LogP contribution in [0, 0.1) is 0 Å². The van der Waals surface area contributed by atoms with Crippen LogP contribution in [-0.4, -0.2) is 17.7 Å². The fourth-order valence-corrected chi connectivity index (χ4v) is 0.483. The third kappa shape index (κ3) is 6.32. The molecule has 11 heavy (non-hydrogen) atoms. The van der Waals surface area contributed by atoms with Crippen LogP contribution in [0.1, 0.15) is 41.0 Å². The standard InChI is InChI=1S/C9H21NO/c1-6-9(4,5)11-7-8(2,3)10/h6-7,10H2,1-5H3. The predicted octanol–water partition coefficient (Wildman–Crippen LogP) is 1.93. The largest absolute Gasteiger partial charge is 0.374 e. The van der Waals surface area contributed by atoms with Crippen LogP contribution in [0.2, 0.25) is 0 Å². The van der Waals surface area contributed by atoms with Crippen molar-refractivity contribution in [1.82, 2.24) is 0 Å². The van der Waals surface area contributed by atoms with Gasteiger partial charge in [-0.2, -0.15) is 0 Å². The second-order valence-electron chi connectivity index (χ2n) is 4.39. The van der Waals surface area contributed by atoms with E-state index in [1.807, 2.05) is 13.8 Å².